The number of hydrogen-bond acceptors (Lipinski definition) is 1. The Labute approximate surface area is 101 Å². The molecule has 1 N–H and O–H groups in total. The van der Waals surface area contributed by atoms with Crippen molar-refractivity contribution in [3.63, 3.8) is 0 Å². The van der Waals surface area contributed by atoms with Gasteiger partial charge in [-0.15, -0.1) is 0 Å². The number of rotatable bonds is 2. The molecular weight excluding hydrogens is 194 g/mol. The second kappa shape index (κ2) is 5.08. The van der Waals surface area contributed by atoms with Gasteiger partial charge in [-0.1, -0.05) is 33.6 Å². The minimum Gasteiger partial charge on any atom is -0.311 e. The molecule has 0 saturated heterocycles. The normalized spacial score (nSPS) is 39.6. The van der Waals surface area contributed by atoms with E-state index >= 15 is 0 Å². The summed E-state index contributed by atoms with van der Waals surface area (Å²) in [5, 5.41) is 3.95. The molecule has 2 aliphatic carbocycles. The van der Waals surface area contributed by atoms with E-state index in [2.05, 4.69) is 26.1 Å². The third kappa shape index (κ3) is 3.23. The molecule has 2 fully saturated rings. The minimum atomic E-state index is 0.595. The Morgan fingerprint density at radius 2 is 1.75 bits per heavy atom. The van der Waals surface area contributed by atoms with E-state index in [4.69, 9.17) is 0 Å². The van der Waals surface area contributed by atoms with Crippen LogP contribution in [0.25, 0.3) is 0 Å². The van der Waals surface area contributed by atoms with Gasteiger partial charge in [0, 0.05) is 12.1 Å². The smallest absolute Gasteiger partial charge is 0.00952 e. The molecule has 0 spiro atoms. The van der Waals surface area contributed by atoms with Crippen molar-refractivity contribution in [2.24, 2.45) is 11.3 Å². The lowest BCUT2D eigenvalue weighted by molar-refractivity contribution is 0.301. The summed E-state index contributed by atoms with van der Waals surface area (Å²) >= 11 is 0. The van der Waals surface area contributed by atoms with Crippen molar-refractivity contribution in [3.8, 4) is 0 Å². The highest BCUT2D eigenvalue weighted by molar-refractivity contribution is 4.86. The lowest BCUT2D eigenvalue weighted by atomic mass is 9.85. The molecular formula is C15H29N. The fourth-order valence-electron chi connectivity index (χ4n) is 3.52. The van der Waals surface area contributed by atoms with E-state index in [1.165, 1.54) is 51.4 Å². The molecule has 1 heteroatoms. The zero-order valence-electron chi connectivity index (χ0n) is 11.4. The molecule has 0 aromatic carbocycles. The van der Waals surface area contributed by atoms with Crippen molar-refractivity contribution in [1.82, 2.24) is 5.32 Å². The van der Waals surface area contributed by atoms with Gasteiger partial charge in [-0.3, -0.25) is 0 Å². The average Bonchev–Trinajstić information content (AvgIpc) is 2.52. The van der Waals surface area contributed by atoms with E-state index in [9.17, 15) is 0 Å². The molecule has 1 nitrogen and oxygen atoms in total. The van der Waals surface area contributed by atoms with E-state index in [0.29, 0.717) is 5.41 Å². The molecule has 0 amide bonds. The van der Waals surface area contributed by atoms with Crippen LogP contribution in [-0.4, -0.2) is 12.1 Å². The zero-order chi connectivity index (χ0) is 11.6. The van der Waals surface area contributed by atoms with Crippen molar-refractivity contribution < 1.29 is 0 Å². The monoisotopic (exact) mass is 223 g/mol. The summed E-state index contributed by atoms with van der Waals surface area (Å²) in [4.78, 5) is 0. The van der Waals surface area contributed by atoms with Crippen LogP contribution in [-0.2, 0) is 0 Å². The summed E-state index contributed by atoms with van der Waals surface area (Å²) in [6.45, 7) is 7.30. The van der Waals surface area contributed by atoms with Gasteiger partial charge in [-0.05, 0) is 49.9 Å². The lowest BCUT2D eigenvalue weighted by Crippen LogP contribution is -2.39. The second-order valence-corrected chi connectivity index (χ2v) is 6.97. The van der Waals surface area contributed by atoms with Gasteiger partial charge in [0.05, 0.1) is 0 Å². The minimum absolute atomic E-state index is 0.595. The summed E-state index contributed by atoms with van der Waals surface area (Å²) in [5.74, 6) is 0.913. The molecule has 0 heterocycles. The molecule has 3 unspecified atom stereocenters. The van der Waals surface area contributed by atoms with Crippen LogP contribution in [0.3, 0.4) is 0 Å². The summed E-state index contributed by atoms with van der Waals surface area (Å²) < 4.78 is 0. The summed E-state index contributed by atoms with van der Waals surface area (Å²) in [7, 11) is 0. The maximum absolute atomic E-state index is 3.95. The lowest BCUT2D eigenvalue weighted by Gasteiger charge is -2.25. The molecule has 0 aromatic heterocycles. The first-order valence-corrected chi connectivity index (χ1v) is 7.33. The van der Waals surface area contributed by atoms with Crippen LogP contribution in [0.1, 0.15) is 72.1 Å². The highest BCUT2D eigenvalue weighted by atomic mass is 15.0. The van der Waals surface area contributed by atoms with E-state index in [1.807, 2.05) is 0 Å². The SMILES string of the molecule is CC1CCCC1NC1CCCC(C)(C)CC1. The second-order valence-electron chi connectivity index (χ2n) is 6.97. The largest absolute Gasteiger partial charge is 0.311 e. The van der Waals surface area contributed by atoms with Gasteiger partial charge in [-0.25, -0.2) is 0 Å². The fourth-order valence-corrected chi connectivity index (χ4v) is 3.52. The molecule has 0 bridgehead atoms. The van der Waals surface area contributed by atoms with Crippen molar-refractivity contribution >= 4 is 0 Å². The van der Waals surface area contributed by atoms with Crippen LogP contribution < -0.4 is 5.32 Å². The van der Waals surface area contributed by atoms with Gasteiger partial charge in [0.25, 0.3) is 0 Å². The van der Waals surface area contributed by atoms with E-state index in [-0.39, 0.29) is 0 Å². The number of nitrogens with one attached hydrogen (secondary N) is 1. The molecule has 0 radical (unpaired) electrons. The van der Waals surface area contributed by atoms with Crippen LogP contribution >= 0.6 is 0 Å². The van der Waals surface area contributed by atoms with Crippen LogP contribution in [0, 0.1) is 11.3 Å². The van der Waals surface area contributed by atoms with Gasteiger partial charge >= 0.3 is 0 Å². The van der Waals surface area contributed by atoms with Crippen molar-refractivity contribution in [3.05, 3.63) is 0 Å². The van der Waals surface area contributed by atoms with Gasteiger partial charge in [-0.2, -0.15) is 0 Å². The number of hydrogen-bond donors (Lipinski definition) is 1. The first kappa shape index (κ1) is 12.4. The molecule has 16 heavy (non-hydrogen) atoms. The predicted molar refractivity (Wildman–Crippen MR) is 70.6 cm³/mol. The van der Waals surface area contributed by atoms with Gasteiger partial charge < -0.3 is 5.32 Å². The standard InChI is InChI=1S/C15H29N/c1-12-6-4-8-14(12)16-13-7-5-10-15(2,3)11-9-13/h12-14,16H,4-11H2,1-3H3. The molecule has 2 aliphatic rings. The zero-order valence-corrected chi connectivity index (χ0v) is 11.4. The first-order chi connectivity index (χ1) is 7.57. The van der Waals surface area contributed by atoms with Crippen molar-refractivity contribution in [2.45, 2.75) is 84.2 Å². The van der Waals surface area contributed by atoms with Crippen molar-refractivity contribution in [2.75, 3.05) is 0 Å². The van der Waals surface area contributed by atoms with Gasteiger partial charge in [0.1, 0.15) is 0 Å². The topological polar surface area (TPSA) is 12.0 Å². The Balaban J connectivity index is 1.81. The van der Waals surface area contributed by atoms with Gasteiger partial charge in [0.2, 0.25) is 0 Å². The molecule has 0 aliphatic heterocycles. The molecule has 0 aromatic rings. The van der Waals surface area contributed by atoms with E-state index in [1.54, 1.807) is 0 Å². The first-order valence-electron chi connectivity index (χ1n) is 7.33. The average molecular weight is 223 g/mol. The third-order valence-electron chi connectivity index (χ3n) is 4.89. The highest BCUT2D eigenvalue weighted by Gasteiger charge is 2.28. The third-order valence-corrected chi connectivity index (χ3v) is 4.89. The van der Waals surface area contributed by atoms with Gasteiger partial charge in [0.15, 0.2) is 0 Å². The van der Waals surface area contributed by atoms with Crippen LogP contribution in [0.15, 0.2) is 0 Å². The highest BCUT2D eigenvalue weighted by Crippen LogP contribution is 2.34. The Bertz CT molecular complexity index is 221. The van der Waals surface area contributed by atoms with Crippen LogP contribution in [0.4, 0.5) is 0 Å². The Morgan fingerprint density at radius 1 is 0.938 bits per heavy atom. The summed E-state index contributed by atoms with van der Waals surface area (Å²) in [6.07, 6.45) is 11.4. The molecule has 94 valence electrons. The Kier molecular flexibility index (Phi) is 3.94. The van der Waals surface area contributed by atoms with Crippen LogP contribution in [0.5, 0.6) is 0 Å². The van der Waals surface area contributed by atoms with E-state index < -0.39 is 0 Å². The molecule has 3 atom stereocenters. The summed E-state index contributed by atoms with van der Waals surface area (Å²) in [6, 6.07) is 1.64. The Morgan fingerprint density at radius 3 is 2.44 bits per heavy atom. The Hall–Kier alpha value is -0.0400. The molecule has 2 saturated carbocycles. The quantitative estimate of drug-likeness (QED) is 0.694. The van der Waals surface area contributed by atoms with E-state index in [0.717, 1.165) is 18.0 Å². The predicted octanol–water partition coefficient (Wildman–Crippen LogP) is 4.12. The summed E-state index contributed by atoms with van der Waals surface area (Å²) in [5.41, 5.74) is 0.595. The maximum atomic E-state index is 3.95. The fraction of sp³-hybridized carbons (Fsp3) is 1.00. The van der Waals surface area contributed by atoms with Crippen LogP contribution in [0.2, 0.25) is 0 Å². The van der Waals surface area contributed by atoms with Crippen molar-refractivity contribution in [1.29, 1.82) is 0 Å². The maximum Gasteiger partial charge on any atom is 0.00952 e. The molecule has 2 rings (SSSR count).